The fourth-order valence-corrected chi connectivity index (χ4v) is 2.45. The summed E-state index contributed by atoms with van der Waals surface area (Å²) in [5.41, 5.74) is 2.58. The summed E-state index contributed by atoms with van der Waals surface area (Å²) in [7, 11) is 0. The summed E-state index contributed by atoms with van der Waals surface area (Å²) >= 11 is 5.87. The minimum Gasteiger partial charge on any atom is -0.457 e. The van der Waals surface area contributed by atoms with Gasteiger partial charge in [-0.1, -0.05) is 23.7 Å². The molecule has 2 aromatic rings. The molecule has 0 N–H and O–H groups in total. The van der Waals surface area contributed by atoms with Gasteiger partial charge in [0.2, 0.25) is 0 Å². The van der Waals surface area contributed by atoms with Crippen molar-refractivity contribution in [2.75, 3.05) is 6.61 Å². The number of esters is 1. The van der Waals surface area contributed by atoms with Gasteiger partial charge in [0.25, 0.3) is 5.69 Å². The maximum absolute atomic E-state index is 12.0. The SMILES string of the molecule is O=C1OCC(c2ccc(Cl)cc2)=C1c1ccc([N+](=O)[O-])cc1. The molecule has 0 radical (unpaired) electrons. The molecular weight excluding hydrogens is 306 g/mol. The fourth-order valence-electron chi connectivity index (χ4n) is 2.33. The molecule has 0 saturated carbocycles. The van der Waals surface area contributed by atoms with Crippen molar-refractivity contribution in [3.05, 3.63) is 74.8 Å². The summed E-state index contributed by atoms with van der Waals surface area (Å²) in [4.78, 5) is 22.2. The van der Waals surface area contributed by atoms with Gasteiger partial charge in [-0.3, -0.25) is 10.1 Å². The van der Waals surface area contributed by atoms with Gasteiger partial charge in [-0.2, -0.15) is 0 Å². The number of carbonyl (C=O) groups is 1. The molecule has 110 valence electrons. The summed E-state index contributed by atoms with van der Waals surface area (Å²) in [6.07, 6.45) is 0. The van der Waals surface area contributed by atoms with E-state index in [0.29, 0.717) is 16.2 Å². The molecule has 0 fully saturated rings. The largest absolute Gasteiger partial charge is 0.457 e. The molecule has 5 nitrogen and oxygen atoms in total. The van der Waals surface area contributed by atoms with Gasteiger partial charge in [0.15, 0.2) is 0 Å². The third-order valence-electron chi connectivity index (χ3n) is 3.41. The Kier molecular flexibility index (Phi) is 3.65. The lowest BCUT2D eigenvalue weighted by atomic mass is 9.96. The topological polar surface area (TPSA) is 69.4 Å². The highest BCUT2D eigenvalue weighted by molar-refractivity contribution is 6.31. The molecule has 2 aromatic carbocycles. The van der Waals surface area contributed by atoms with E-state index < -0.39 is 10.9 Å². The highest BCUT2D eigenvalue weighted by Crippen LogP contribution is 2.33. The standard InChI is InChI=1S/C16H10ClNO4/c17-12-5-1-10(2-6-12)14-9-22-16(19)15(14)11-3-7-13(8-4-11)18(20)21/h1-8H,9H2. The summed E-state index contributed by atoms with van der Waals surface area (Å²) < 4.78 is 5.11. The van der Waals surface area contributed by atoms with E-state index in [0.717, 1.165) is 11.1 Å². The lowest BCUT2D eigenvalue weighted by Crippen LogP contribution is -1.98. The zero-order valence-corrected chi connectivity index (χ0v) is 12.0. The highest BCUT2D eigenvalue weighted by Gasteiger charge is 2.27. The molecule has 0 aliphatic carbocycles. The smallest absolute Gasteiger partial charge is 0.339 e. The number of nitro groups is 1. The molecule has 1 heterocycles. The third-order valence-corrected chi connectivity index (χ3v) is 3.66. The lowest BCUT2D eigenvalue weighted by molar-refractivity contribution is -0.384. The molecule has 0 atom stereocenters. The van der Waals surface area contributed by atoms with Gasteiger partial charge in [0.05, 0.1) is 10.5 Å². The maximum Gasteiger partial charge on any atom is 0.339 e. The van der Waals surface area contributed by atoms with Crippen molar-refractivity contribution in [2.24, 2.45) is 0 Å². The number of rotatable bonds is 3. The van der Waals surface area contributed by atoms with E-state index in [2.05, 4.69) is 0 Å². The van der Waals surface area contributed by atoms with Crippen LogP contribution in [0.15, 0.2) is 48.5 Å². The molecule has 0 aromatic heterocycles. The van der Waals surface area contributed by atoms with Gasteiger partial charge in [0.1, 0.15) is 6.61 Å². The molecule has 0 bridgehead atoms. The Balaban J connectivity index is 2.07. The third kappa shape index (κ3) is 2.58. The van der Waals surface area contributed by atoms with Crippen LogP contribution in [-0.2, 0) is 9.53 Å². The lowest BCUT2D eigenvalue weighted by Gasteiger charge is -2.04. The highest BCUT2D eigenvalue weighted by atomic mass is 35.5. The summed E-state index contributed by atoms with van der Waals surface area (Å²) in [5, 5.41) is 11.3. The number of ether oxygens (including phenoxy) is 1. The van der Waals surface area contributed by atoms with Crippen LogP contribution in [0, 0.1) is 10.1 Å². The van der Waals surface area contributed by atoms with E-state index in [9.17, 15) is 14.9 Å². The molecule has 1 aliphatic rings. The van der Waals surface area contributed by atoms with E-state index in [1.807, 2.05) is 12.1 Å². The van der Waals surface area contributed by atoms with Crippen LogP contribution in [0.25, 0.3) is 11.1 Å². The van der Waals surface area contributed by atoms with Crippen LogP contribution in [0.5, 0.6) is 0 Å². The van der Waals surface area contributed by atoms with Crippen LogP contribution in [0.4, 0.5) is 5.69 Å². The van der Waals surface area contributed by atoms with Crippen molar-refractivity contribution in [3.8, 4) is 0 Å². The number of carbonyl (C=O) groups excluding carboxylic acids is 1. The first-order valence-corrected chi connectivity index (χ1v) is 6.85. The number of halogens is 1. The molecule has 0 spiro atoms. The van der Waals surface area contributed by atoms with Crippen LogP contribution in [-0.4, -0.2) is 17.5 Å². The molecule has 3 rings (SSSR count). The van der Waals surface area contributed by atoms with Crippen molar-refractivity contribution in [2.45, 2.75) is 0 Å². The zero-order chi connectivity index (χ0) is 15.7. The van der Waals surface area contributed by atoms with E-state index in [1.54, 1.807) is 24.3 Å². The molecule has 1 aliphatic heterocycles. The Morgan fingerprint density at radius 1 is 1.00 bits per heavy atom. The summed E-state index contributed by atoms with van der Waals surface area (Å²) in [5.74, 6) is -0.432. The number of hydrogen-bond donors (Lipinski definition) is 0. The fraction of sp³-hybridized carbons (Fsp3) is 0.0625. The molecule has 0 amide bonds. The number of hydrogen-bond acceptors (Lipinski definition) is 4. The first kappa shape index (κ1) is 14.3. The Hall–Kier alpha value is -2.66. The number of nitrogens with zero attached hydrogens (tertiary/aromatic N) is 1. The number of benzene rings is 2. The first-order valence-electron chi connectivity index (χ1n) is 6.47. The van der Waals surface area contributed by atoms with Gasteiger partial charge in [-0.15, -0.1) is 0 Å². The quantitative estimate of drug-likeness (QED) is 0.492. The molecule has 22 heavy (non-hydrogen) atoms. The second kappa shape index (κ2) is 5.61. The Bertz CT molecular complexity index is 779. The van der Waals surface area contributed by atoms with E-state index >= 15 is 0 Å². The zero-order valence-electron chi connectivity index (χ0n) is 11.3. The van der Waals surface area contributed by atoms with Crippen LogP contribution < -0.4 is 0 Å². The molecule has 0 saturated heterocycles. The number of nitro benzene ring substituents is 1. The van der Waals surface area contributed by atoms with Crippen molar-refractivity contribution in [1.29, 1.82) is 0 Å². The minimum absolute atomic E-state index is 0.0243. The van der Waals surface area contributed by atoms with Crippen LogP contribution >= 0.6 is 11.6 Å². The van der Waals surface area contributed by atoms with Crippen LogP contribution in [0.3, 0.4) is 0 Å². The Morgan fingerprint density at radius 2 is 1.59 bits per heavy atom. The van der Waals surface area contributed by atoms with Crippen molar-refractivity contribution in [3.63, 3.8) is 0 Å². The van der Waals surface area contributed by atoms with Gasteiger partial charge in [-0.05, 0) is 35.4 Å². The second-order valence-corrected chi connectivity index (χ2v) is 5.18. The normalized spacial score (nSPS) is 14.1. The molecule has 6 heteroatoms. The predicted octanol–water partition coefficient (Wildman–Crippen LogP) is 3.72. The van der Waals surface area contributed by atoms with Gasteiger partial charge in [0, 0.05) is 22.7 Å². The predicted molar refractivity (Wildman–Crippen MR) is 82.3 cm³/mol. The second-order valence-electron chi connectivity index (χ2n) is 4.74. The summed E-state index contributed by atoms with van der Waals surface area (Å²) in [6.45, 7) is 0.173. The monoisotopic (exact) mass is 315 g/mol. The van der Waals surface area contributed by atoms with Crippen LogP contribution in [0.2, 0.25) is 5.02 Å². The summed E-state index contributed by atoms with van der Waals surface area (Å²) in [6, 6.07) is 12.9. The van der Waals surface area contributed by atoms with Crippen LogP contribution in [0.1, 0.15) is 11.1 Å². The van der Waals surface area contributed by atoms with Gasteiger partial charge < -0.3 is 4.74 Å². The van der Waals surface area contributed by atoms with E-state index in [4.69, 9.17) is 16.3 Å². The average molecular weight is 316 g/mol. The van der Waals surface area contributed by atoms with Crippen molar-refractivity contribution >= 4 is 34.4 Å². The van der Waals surface area contributed by atoms with E-state index in [-0.39, 0.29) is 12.3 Å². The van der Waals surface area contributed by atoms with Gasteiger partial charge >= 0.3 is 5.97 Å². The first-order chi connectivity index (χ1) is 10.6. The Labute approximate surface area is 130 Å². The van der Waals surface area contributed by atoms with E-state index in [1.165, 1.54) is 12.1 Å². The van der Waals surface area contributed by atoms with Crippen molar-refractivity contribution < 1.29 is 14.5 Å². The average Bonchev–Trinajstić information content (AvgIpc) is 2.90. The molecule has 0 unspecified atom stereocenters. The number of cyclic esters (lactones) is 1. The Morgan fingerprint density at radius 3 is 2.18 bits per heavy atom. The minimum atomic E-state index is -0.481. The van der Waals surface area contributed by atoms with Crippen molar-refractivity contribution in [1.82, 2.24) is 0 Å². The molecular formula is C16H10ClNO4. The number of non-ortho nitro benzene ring substituents is 1. The maximum atomic E-state index is 12.0. The van der Waals surface area contributed by atoms with Gasteiger partial charge in [-0.25, -0.2) is 4.79 Å².